The molecule has 5 rings (SSSR count). The molecule has 0 atom stereocenters. The van der Waals surface area contributed by atoms with Gasteiger partial charge in [-0.1, -0.05) is 24.3 Å². The van der Waals surface area contributed by atoms with Crippen molar-refractivity contribution < 1.29 is 14.4 Å². The van der Waals surface area contributed by atoms with Gasteiger partial charge in [-0.15, -0.1) is 0 Å². The van der Waals surface area contributed by atoms with Crippen molar-refractivity contribution in [1.29, 1.82) is 0 Å². The number of carbonyl (C=O) groups is 3. The van der Waals surface area contributed by atoms with Gasteiger partial charge < -0.3 is 4.90 Å². The smallest absolute Gasteiger partial charge is 0.290 e. The van der Waals surface area contributed by atoms with Gasteiger partial charge in [0.2, 0.25) is 0 Å². The Kier molecular flexibility index (Phi) is 5.07. The molecule has 0 aliphatic carbocycles. The Morgan fingerprint density at radius 1 is 1.06 bits per heavy atom. The zero-order chi connectivity index (χ0) is 21.4. The molecule has 0 saturated carbocycles. The highest BCUT2D eigenvalue weighted by molar-refractivity contribution is 8.18. The summed E-state index contributed by atoms with van der Waals surface area (Å²) in [4.78, 5) is 38.6. The minimum Gasteiger partial charge on any atom is -0.339 e. The third kappa shape index (κ3) is 3.74. The van der Waals surface area contributed by atoms with Gasteiger partial charge >= 0.3 is 0 Å². The maximum atomic E-state index is 13.0. The summed E-state index contributed by atoms with van der Waals surface area (Å²) in [6.45, 7) is 1.58. The molecule has 0 radical (unpaired) electrons. The first-order chi connectivity index (χ1) is 15.1. The predicted octanol–water partition coefficient (Wildman–Crippen LogP) is 3.95. The number of aromatic nitrogens is 2. The highest BCUT2D eigenvalue weighted by atomic mass is 32.2. The number of benzene rings is 1. The van der Waals surface area contributed by atoms with E-state index in [1.54, 1.807) is 16.8 Å². The van der Waals surface area contributed by atoms with Gasteiger partial charge in [-0.2, -0.15) is 5.10 Å². The lowest BCUT2D eigenvalue weighted by atomic mass is 10.1. The average Bonchev–Trinajstić information content (AvgIpc) is 3.36. The molecule has 2 aromatic heterocycles. The molecule has 2 aliphatic heterocycles. The molecule has 1 N–H and O–H groups in total. The molecule has 0 spiro atoms. The number of likely N-dealkylation sites (tertiary alicyclic amines) is 1. The molecule has 31 heavy (non-hydrogen) atoms. The molecular weight excluding hydrogens is 412 g/mol. The van der Waals surface area contributed by atoms with Crippen LogP contribution < -0.4 is 5.32 Å². The van der Waals surface area contributed by atoms with E-state index in [1.807, 2.05) is 47.4 Å². The first-order valence-corrected chi connectivity index (χ1v) is 11.0. The zero-order valence-electron chi connectivity index (χ0n) is 16.7. The second-order valence-electron chi connectivity index (χ2n) is 7.60. The summed E-state index contributed by atoms with van der Waals surface area (Å²) in [6.07, 6.45) is 6.60. The molecule has 156 valence electrons. The van der Waals surface area contributed by atoms with E-state index in [0.29, 0.717) is 10.5 Å². The fourth-order valence-electron chi connectivity index (χ4n) is 4.02. The summed E-state index contributed by atoms with van der Waals surface area (Å²) in [5.74, 6) is -0.352. The molecule has 8 heteroatoms. The van der Waals surface area contributed by atoms with Gasteiger partial charge in [0.25, 0.3) is 17.1 Å². The van der Waals surface area contributed by atoms with E-state index in [0.717, 1.165) is 60.0 Å². The number of nitrogens with zero attached hydrogens (tertiary/aromatic N) is 3. The minimum atomic E-state index is -0.379. The number of piperidine rings is 1. The van der Waals surface area contributed by atoms with E-state index in [9.17, 15) is 14.4 Å². The number of imide groups is 1. The van der Waals surface area contributed by atoms with Crippen molar-refractivity contribution in [2.24, 2.45) is 0 Å². The number of hydrogen-bond acceptors (Lipinski definition) is 5. The summed E-state index contributed by atoms with van der Waals surface area (Å²) in [7, 11) is 0. The number of nitrogens with one attached hydrogen (secondary N) is 1. The van der Waals surface area contributed by atoms with Crippen LogP contribution in [0, 0.1) is 0 Å². The van der Waals surface area contributed by atoms with Gasteiger partial charge in [-0.05, 0) is 60.9 Å². The van der Waals surface area contributed by atoms with Crippen LogP contribution in [-0.2, 0) is 4.79 Å². The topological polar surface area (TPSA) is 83.8 Å². The van der Waals surface area contributed by atoms with Crippen LogP contribution in [0.25, 0.3) is 22.9 Å². The van der Waals surface area contributed by atoms with Crippen LogP contribution in [0.15, 0.2) is 53.6 Å². The van der Waals surface area contributed by atoms with Crippen LogP contribution in [0.4, 0.5) is 4.79 Å². The monoisotopic (exact) mass is 432 g/mol. The van der Waals surface area contributed by atoms with Crippen molar-refractivity contribution >= 4 is 40.4 Å². The van der Waals surface area contributed by atoms with E-state index in [2.05, 4.69) is 10.4 Å². The van der Waals surface area contributed by atoms with Crippen molar-refractivity contribution in [3.63, 3.8) is 0 Å². The minimum absolute atomic E-state index is 0.0271. The first kappa shape index (κ1) is 19.6. The van der Waals surface area contributed by atoms with Crippen molar-refractivity contribution in [3.8, 4) is 11.3 Å². The summed E-state index contributed by atoms with van der Waals surface area (Å²) in [6, 6.07) is 13.4. The van der Waals surface area contributed by atoms with Gasteiger partial charge in [-0.25, -0.2) is 4.52 Å². The molecule has 3 aromatic rings. The summed E-state index contributed by atoms with van der Waals surface area (Å²) < 4.78 is 1.78. The van der Waals surface area contributed by atoms with Gasteiger partial charge in [0, 0.05) is 18.7 Å². The molecule has 2 saturated heterocycles. The fraction of sp³-hybridized carbons (Fsp3) is 0.217. The Balaban J connectivity index is 1.51. The van der Waals surface area contributed by atoms with Crippen LogP contribution in [0.2, 0.25) is 0 Å². The standard InChI is InChI=1S/C23H20N4O3S/c28-21-20(31-23(30)25-21)13-15-6-4-7-16(12-15)18-8-5-9-19-17(14-24-27(18)19)22(29)26-10-2-1-3-11-26/h4-9,12-14H,1-3,10-11H2,(H,25,28,30)/b20-13-. The molecule has 0 unspecified atom stereocenters. The molecule has 1 aromatic carbocycles. The van der Waals surface area contributed by atoms with Crippen molar-refractivity contribution in [3.05, 3.63) is 64.7 Å². The number of thioether (sulfide) groups is 1. The quantitative estimate of drug-likeness (QED) is 0.634. The van der Waals surface area contributed by atoms with Gasteiger partial charge in [-0.3, -0.25) is 19.7 Å². The number of carbonyl (C=O) groups excluding carboxylic acids is 3. The van der Waals surface area contributed by atoms with E-state index in [4.69, 9.17) is 0 Å². The fourth-order valence-corrected chi connectivity index (χ4v) is 4.70. The third-order valence-electron chi connectivity index (χ3n) is 5.54. The van der Waals surface area contributed by atoms with Crippen LogP contribution >= 0.6 is 11.8 Å². The molecule has 7 nitrogen and oxygen atoms in total. The van der Waals surface area contributed by atoms with E-state index in [-0.39, 0.29) is 17.1 Å². The van der Waals surface area contributed by atoms with Crippen LogP contribution in [0.1, 0.15) is 35.2 Å². The Morgan fingerprint density at radius 3 is 2.65 bits per heavy atom. The lowest BCUT2D eigenvalue weighted by molar-refractivity contribution is -0.115. The highest BCUT2D eigenvalue weighted by Gasteiger charge is 2.25. The second kappa shape index (κ2) is 8.03. The van der Waals surface area contributed by atoms with E-state index >= 15 is 0 Å². The molecular formula is C23H20N4O3S. The van der Waals surface area contributed by atoms with Crippen LogP contribution in [0.5, 0.6) is 0 Å². The SMILES string of the molecule is O=C1NC(=O)/C(=C/c2cccc(-c3cccc4c(C(=O)N5CCCCC5)cnn34)c2)S1. The van der Waals surface area contributed by atoms with E-state index in [1.165, 1.54) is 6.42 Å². The van der Waals surface area contributed by atoms with Gasteiger partial charge in [0.1, 0.15) is 0 Å². The normalized spacial score (nSPS) is 18.1. The third-order valence-corrected chi connectivity index (χ3v) is 6.35. The molecule has 3 amide bonds. The number of amides is 3. The zero-order valence-corrected chi connectivity index (χ0v) is 17.5. The van der Waals surface area contributed by atoms with Gasteiger partial charge in [0.05, 0.1) is 27.9 Å². The Morgan fingerprint density at radius 2 is 1.87 bits per heavy atom. The van der Waals surface area contributed by atoms with Crippen molar-refractivity contribution in [2.45, 2.75) is 19.3 Å². The number of hydrogen-bond donors (Lipinski definition) is 1. The molecule has 4 heterocycles. The largest absolute Gasteiger partial charge is 0.339 e. The molecule has 2 fully saturated rings. The van der Waals surface area contributed by atoms with Crippen molar-refractivity contribution in [1.82, 2.24) is 19.8 Å². The Hall–Kier alpha value is -3.39. The lowest BCUT2D eigenvalue weighted by Crippen LogP contribution is -2.35. The Bertz CT molecular complexity index is 1240. The van der Waals surface area contributed by atoms with Crippen LogP contribution in [-0.4, -0.2) is 44.7 Å². The lowest BCUT2D eigenvalue weighted by Gasteiger charge is -2.26. The summed E-state index contributed by atoms with van der Waals surface area (Å²) >= 11 is 0.895. The Labute approximate surface area is 183 Å². The predicted molar refractivity (Wildman–Crippen MR) is 119 cm³/mol. The second-order valence-corrected chi connectivity index (χ2v) is 8.61. The van der Waals surface area contributed by atoms with Crippen molar-refractivity contribution in [2.75, 3.05) is 13.1 Å². The maximum absolute atomic E-state index is 13.0. The number of fused-ring (bicyclic) bond motifs is 1. The maximum Gasteiger partial charge on any atom is 0.290 e. The highest BCUT2D eigenvalue weighted by Crippen LogP contribution is 2.28. The number of pyridine rings is 1. The summed E-state index contributed by atoms with van der Waals surface area (Å²) in [5, 5.41) is 6.41. The number of rotatable bonds is 3. The molecule has 0 bridgehead atoms. The van der Waals surface area contributed by atoms with Crippen LogP contribution in [0.3, 0.4) is 0 Å². The molecule has 2 aliphatic rings. The summed E-state index contributed by atoms with van der Waals surface area (Å²) in [5.41, 5.74) is 3.93. The first-order valence-electron chi connectivity index (χ1n) is 10.2. The van der Waals surface area contributed by atoms with E-state index < -0.39 is 0 Å². The average molecular weight is 433 g/mol. The van der Waals surface area contributed by atoms with Gasteiger partial charge in [0.15, 0.2) is 0 Å².